The quantitative estimate of drug-likeness (QED) is 0.161. The largest absolute Gasteiger partial charge is 1.00 e. The third-order valence-corrected chi connectivity index (χ3v) is 8.92. The van der Waals surface area contributed by atoms with Gasteiger partial charge in [-0.2, -0.15) is 0 Å². The Morgan fingerprint density at radius 3 is 2.58 bits per heavy atom. The van der Waals surface area contributed by atoms with Gasteiger partial charge in [0.05, 0.1) is 38.4 Å². The van der Waals surface area contributed by atoms with Gasteiger partial charge in [-0.3, -0.25) is 4.79 Å². The van der Waals surface area contributed by atoms with E-state index in [0.717, 1.165) is 11.5 Å². The van der Waals surface area contributed by atoms with Crippen molar-refractivity contribution < 1.29 is 91.8 Å². The summed E-state index contributed by atoms with van der Waals surface area (Å²) in [5, 5.41) is 1.25. The number of Topliss-reactive ketones (excluding diaryl/α,β-unsaturated/α-hetero) is 1. The first-order valence-corrected chi connectivity index (χ1v) is 15.0. The van der Waals surface area contributed by atoms with Gasteiger partial charge in [0.1, 0.15) is 4.91 Å². The summed E-state index contributed by atoms with van der Waals surface area (Å²) in [5.74, 6) is -1.46. The van der Waals surface area contributed by atoms with Crippen molar-refractivity contribution in [1.29, 1.82) is 0 Å². The van der Waals surface area contributed by atoms with E-state index in [1.165, 1.54) is 35.2 Å². The first-order valence-electron chi connectivity index (χ1n) is 11.9. The Balaban J connectivity index is 0.00000370. The van der Waals surface area contributed by atoms with Crippen LogP contribution < -0.4 is 61.0 Å². The van der Waals surface area contributed by atoms with Gasteiger partial charge >= 0.3 is 57.4 Å². The number of fused-ring (bicyclic) bond motifs is 4. The Labute approximate surface area is 273 Å². The number of ketones is 1. The number of rotatable bonds is 7. The molecule has 0 unspecified atom stereocenters. The number of hydrogen-bond donors (Lipinski definition) is 0. The Bertz CT molecular complexity index is 1810. The van der Waals surface area contributed by atoms with Gasteiger partial charge in [-0.05, 0) is 54.5 Å². The van der Waals surface area contributed by atoms with Crippen LogP contribution in [0, 0.1) is 0 Å². The van der Waals surface area contributed by atoms with Crippen molar-refractivity contribution in [2.75, 3.05) is 23.8 Å². The van der Waals surface area contributed by atoms with Crippen LogP contribution in [0.4, 0.5) is 5.69 Å². The van der Waals surface area contributed by atoms with Crippen molar-refractivity contribution in [1.82, 2.24) is 0 Å². The zero-order valence-corrected chi connectivity index (χ0v) is 26.4. The fourth-order valence-corrected chi connectivity index (χ4v) is 6.61. The zero-order valence-electron chi connectivity index (χ0n) is 21.6. The molecule has 0 atom stereocenters. The molecule has 2 aliphatic rings. The summed E-state index contributed by atoms with van der Waals surface area (Å²) in [6.07, 6.45) is 2.38. The van der Waals surface area contributed by atoms with E-state index >= 15 is 0 Å². The van der Waals surface area contributed by atoms with Gasteiger partial charge in [0.2, 0.25) is 21.5 Å². The maximum Gasteiger partial charge on any atom is 1.00 e. The molecule has 5 rings (SSSR count). The maximum absolute atomic E-state index is 13.3. The molecule has 0 bridgehead atoms. The second-order valence-electron chi connectivity index (χ2n) is 8.80. The van der Waals surface area contributed by atoms with Gasteiger partial charge in [-0.15, -0.1) is 0 Å². The summed E-state index contributed by atoms with van der Waals surface area (Å²) in [4.78, 5) is 26.6. The average molecular weight is 608 g/mol. The number of benzene rings is 3. The van der Waals surface area contributed by atoms with Crippen LogP contribution in [-0.2, 0) is 24.7 Å². The predicted octanol–water partition coefficient (Wildman–Crippen LogP) is 0.550. The first kappa shape index (κ1) is 30.6. The van der Waals surface area contributed by atoms with Gasteiger partial charge < -0.3 is 18.9 Å². The molecule has 0 fully saturated rings. The van der Waals surface area contributed by atoms with Crippen LogP contribution >= 0.6 is 0 Å². The second kappa shape index (κ2) is 11.9. The van der Waals surface area contributed by atoms with Crippen LogP contribution in [0.5, 0.6) is 5.75 Å². The van der Waals surface area contributed by atoms with E-state index in [4.69, 9.17) is 9.47 Å². The van der Waals surface area contributed by atoms with Gasteiger partial charge in [0.25, 0.3) is 0 Å². The molecular formula is C27H22KNO9S2. The first-order chi connectivity index (χ1) is 18.5. The van der Waals surface area contributed by atoms with E-state index in [2.05, 4.69) is 0 Å². The molecule has 10 nitrogen and oxygen atoms in total. The van der Waals surface area contributed by atoms with Crippen molar-refractivity contribution >= 4 is 48.2 Å². The molecule has 0 aromatic heterocycles. The molecule has 3 aromatic rings. The number of sulfone groups is 1. The van der Waals surface area contributed by atoms with Crippen LogP contribution in [0.1, 0.15) is 34.1 Å². The number of anilines is 1. The summed E-state index contributed by atoms with van der Waals surface area (Å²) < 4.78 is 70.9. The smallest absolute Gasteiger partial charge is 0.748 e. The minimum atomic E-state index is -4.48. The normalized spacial score (nSPS) is 17.4. The van der Waals surface area contributed by atoms with Crippen LogP contribution in [0.3, 0.4) is 0 Å². The minimum Gasteiger partial charge on any atom is -0.748 e. The van der Waals surface area contributed by atoms with Gasteiger partial charge in [-0.1, -0.05) is 30.3 Å². The molecule has 40 heavy (non-hydrogen) atoms. The van der Waals surface area contributed by atoms with E-state index in [9.17, 15) is 31.0 Å². The summed E-state index contributed by atoms with van der Waals surface area (Å²) >= 11 is 0. The topological polar surface area (TPSA) is 147 Å². The third-order valence-electron chi connectivity index (χ3n) is 6.32. The van der Waals surface area contributed by atoms with E-state index < -0.39 is 42.4 Å². The average Bonchev–Trinajstić information content (AvgIpc) is 3.32. The van der Waals surface area contributed by atoms with Crippen molar-refractivity contribution in [3.63, 3.8) is 0 Å². The Morgan fingerprint density at radius 1 is 1.10 bits per heavy atom. The summed E-state index contributed by atoms with van der Waals surface area (Å²) in [6.45, 7) is 1.83. The van der Waals surface area contributed by atoms with Gasteiger partial charge in [0, 0.05) is 18.4 Å². The molecule has 2 heterocycles. The molecule has 0 radical (unpaired) electrons. The second-order valence-corrected chi connectivity index (χ2v) is 12.2. The predicted molar refractivity (Wildman–Crippen MR) is 141 cm³/mol. The molecule has 0 N–H and O–H groups in total. The molecule has 2 aliphatic heterocycles. The molecule has 0 aliphatic carbocycles. The van der Waals surface area contributed by atoms with Crippen molar-refractivity contribution in [3.8, 4) is 5.75 Å². The third kappa shape index (κ3) is 5.83. The Kier molecular flexibility index (Phi) is 9.07. The van der Waals surface area contributed by atoms with E-state index in [1.54, 1.807) is 37.3 Å². The van der Waals surface area contributed by atoms with Crippen LogP contribution in [0.15, 0.2) is 82.4 Å². The number of nitrogens with zero attached hydrogens (tertiary/aromatic N) is 1. The molecule has 0 saturated carbocycles. The number of carbonyl (C=O) groups excluding carboxylic acids is 2. The van der Waals surface area contributed by atoms with E-state index in [1.807, 2.05) is 0 Å². The monoisotopic (exact) mass is 607 g/mol. The molecule has 0 saturated heterocycles. The number of ether oxygens (including phenoxy) is 2. The van der Waals surface area contributed by atoms with Crippen molar-refractivity contribution in [2.45, 2.75) is 18.2 Å². The minimum absolute atomic E-state index is 0. The fraction of sp³-hybridized carbons (Fsp3) is 0.185. The molecule has 0 amide bonds. The molecule has 3 aromatic carbocycles. The molecular weight excluding hydrogens is 586 g/mol. The van der Waals surface area contributed by atoms with Gasteiger partial charge in [-0.25, -0.2) is 21.6 Å². The standard InChI is InChI=1S/C27H23NO9S2.K/c1-2-36-27(30)18-8-10-21-20(16-18)28(14-5-15-38(31,32)33)24(37-21)13-12-23-26(29)25-19-7-4-3-6-17(19)9-11-22(25)39(23,34)35;/h3-4,6-13,16H,2,5,14-15H2,1H3,(H,31,32,33);/q;+1/p-1/b23-12-,24-13-;. The summed E-state index contributed by atoms with van der Waals surface area (Å²) in [5.41, 5.74) is 0.712. The number of hydrogen-bond acceptors (Lipinski definition) is 10. The van der Waals surface area contributed by atoms with Crippen LogP contribution in [-0.4, -0.2) is 52.0 Å². The number of esters is 1. The molecule has 202 valence electrons. The van der Waals surface area contributed by atoms with E-state index in [-0.39, 0.29) is 92.9 Å². The molecule has 13 heteroatoms. The number of allylic oxidation sites excluding steroid dienone is 3. The summed E-state index contributed by atoms with van der Waals surface area (Å²) in [6, 6.07) is 14.5. The van der Waals surface area contributed by atoms with Gasteiger partial charge in [0.15, 0.2) is 5.75 Å². The van der Waals surface area contributed by atoms with Crippen molar-refractivity contribution in [2.24, 2.45) is 0 Å². The zero-order chi connectivity index (χ0) is 27.9. The van der Waals surface area contributed by atoms with E-state index in [0.29, 0.717) is 16.8 Å². The molecule has 0 spiro atoms. The summed E-state index contributed by atoms with van der Waals surface area (Å²) in [7, 11) is -8.60. The maximum atomic E-state index is 13.3. The number of carbonyl (C=O) groups is 2. The SMILES string of the molecule is CCOC(=O)c1ccc2c(c1)N(CCCS(=O)(=O)[O-])/C(=C/C=C1/C(=O)c3c(ccc4ccccc34)S1(=O)=O)O2.[K+]. The van der Waals surface area contributed by atoms with Crippen LogP contribution in [0.25, 0.3) is 10.8 Å². The van der Waals surface area contributed by atoms with Crippen molar-refractivity contribution in [3.05, 3.63) is 88.7 Å². The Morgan fingerprint density at radius 2 is 1.85 bits per heavy atom. The fourth-order valence-electron chi connectivity index (χ4n) is 4.58. The Hall–Kier alpha value is -2.36. The van der Waals surface area contributed by atoms with Crippen LogP contribution in [0.2, 0.25) is 0 Å².